The standard InChI is InChI=1S/C14H20ClN3O/c1-3-7-16-13-8-11(12(15)9-17-13)14(19)18(2)10-5-4-6-10/h8-10H,3-7H2,1-2H3,(H,16,17). The lowest BCUT2D eigenvalue weighted by atomic mass is 9.91. The Morgan fingerprint density at radius 1 is 1.58 bits per heavy atom. The summed E-state index contributed by atoms with van der Waals surface area (Å²) in [6.45, 7) is 2.92. The Hall–Kier alpha value is -1.29. The molecule has 0 spiro atoms. The third kappa shape index (κ3) is 3.18. The molecule has 0 atom stereocenters. The van der Waals surface area contributed by atoms with Crippen molar-refractivity contribution >= 4 is 23.3 Å². The van der Waals surface area contributed by atoms with E-state index < -0.39 is 0 Å². The van der Waals surface area contributed by atoms with Crippen LogP contribution in [0.3, 0.4) is 0 Å². The number of aromatic nitrogens is 1. The minimum absolute atomic E-state index is 0.0170. The van der Waals surface area contributed by atoms with Crippen molar-refractivity contribution in [3.63, 3.8) is 0 Å². The molecular weight excluding hydrogens is 262 g/mol. The summed E-state index contributed by atoms with van der Waals surface area (Å²) in [4.78, 5) is 18.4. The van der Waals surface area contributed by atoms with Crippen LogP contribution in [0.25, 0.3) is 0 Å². The molecule has 2 rings (SSSR count). The van der Waals surface area contributed by atoms with E-state index in [1.165, 1.54) is 6.42 Å². The van der Waals surface area contributed by atoms with Gasteiger partial charge in [-0.05, 0) is 31.7 Å². The molecule has 1 fully saturated rings. The number of nitrogens with zero attached hydrogens (tertiary/aromatic N) is 2. The fourth-order valence-electron chi connectivity index (χ4n) is 2.08. The number of nitrogens with one attached hydrogen (secondary N) is 1. The normalized spacial score (nSPS) is 14.9. The maximum atomic E-state index is 12.4. The quantitative estimate of drug-likeness (QED) is 0.902. The smallest absolute Gasteiger partial charge is 0.255 e. The van der Waals surface area contributed by atoms with Crippen LogP contribution < -0.4 is 5.32 Å². The fraction of sp³-hybridized carbons (Fsp3) is 0.571. The Labute approximate surface area is 119 Å². The molecule has 1 aliphatic rings. The molecule has 0 unspecified atom stereocenters. The average Bonchev–Trinajstić information content (AvgIpc) is 2.35. The number of carbonyl (C=O) groups is 1. The van der Waals surface area contributed by atoms with Crippen LogP contribution in [-0.2, 0) is 0 Å². The fourth-order valence-corrected chi connectivity index (χ4v) is 2.27. The van der Waals surface area contributed by atoms with E-state index in [-0.39, 0.29) is 5.91 Å². The molecule has 1 N–H and O–H groups in total. The lowest BCUT2D eigenvalue weighted by Gasteiger charge is -2.34. The van der Waals surface area contributed by atoms with Gasteiger partial charge in [-0.25, -0.2) is 4.98 Å². The highest BCUT2D eigenvalue weighted by molar-refractivity contribution is 6.33. The molecule has 0 saturated heterocycles. The van der Waals surface area contributed by atoms with Crippen LogP contribution in [-0.4, -0.2) is 35.4 Å². The topological polar surface area (TPSA) is 45.2 Å². The molecule has 1 heterocycles. The van der Waals surface area contributed by atoms with Crippen LogP contribution in [0.5, 0.6) is 0 Å². The Balaban J connectivity index is 2.14. The van der Waals surface area contributed by atoms with Crippen LogP contribution in [0.1, 0.15) is 43.0 Å². The molecule has 19 heavy (non-hydrogen) atoms. The van der Waals surface area contributed by atoms with Crippen molar-refractivity contribution in [3.05, 3.63) is 22.8 Å². The minimum atomic E-state index is -0.0170. The predicted molar refractivity (Wildman–Crippen MR) is 77.8 cm³/mol. The molecule has 1 amide bonds. The van der Waals surface area contributed by atoms with Gasteiger partial charge in [0.2, 0.25) is 0 Å². The molecule has 1 aliphatic carbocycles. The van der Waals surface area contributed by atoms with Gasteiger partial charge >= 0.3 is 0 Å². The molecule has 0 aromatic carbocycles. The largest absolute Gasteiger partial charge is 0.370 e. The summed E-state index contributed by atoms with van der Waals surface area (Å²) in [5, 5.41) is 3.59. The molecule has 0 aliphatic heterocycles. The SMILES string of the molecule is CCCNc1cc(C(=O)N(C)C2CCC2)c(Cl)cn1. The van der Waals surface area contributed by atoms with Crippen LogP contribution in [0.2, 0.25) is 5.02 Å². The molecule has 0 radical (unpaired) electrons. The van der Waals surface area contributed by atoms with E-state index in [9.17, 15) is 4.79 Å². The molecular formula is C14H20ClN3O. The van der Waals surface area contributed by atoms with E-state index in [0.29, 0.717) is 22.4 Å². The van der Waals surface area contributed by atoms with E-state index in [1.54, 1.807) is 17.2 Å². The Bertz CT molecular complexity index is 460. The first kappa shape index (κ1) is 14.1. The zero-order chi connectivity index (χ0) is 13.8. The highest BCUT2D eigenvalue weighted by atomic mass is 35.5. The monoisotopic (exact) mass is 281 g/mol. The summed E-state index contributed by atoms with van der Waals surface area (Å²) >= 11 is 6.10. The molecule has 5 heteroatoms. The molecule has 0 bridgehead atoms. The second-order valence-corrected chi connectivity index (χ2v) is 5.38. The number of pyridine rings is 1. The van der Waals surface area contributed by atoms with Crippen LogP contribution in [0.15, 0.2) is 12.3 Å². The van der Waals surface area contributed by atoms with Gasteiger partial charge in [-0.2, -0.15) is 0 Å². The molecule has 1 aromatic heterocycles. The summed E-state index contributed by atoms with van der Waals surface area (Å²) in [6.07, 6.45) is 5.93. The number of anilines is 1. The summed E-state index contributed by atoms with van der Waals surface area (Å²) < 4.78 is 0. The van der Waals surface area contributed by atoms with Gasteiger partial charge in [0.1, 0.15) is 5.82 Å². The van der Waals surface area contributed by atoms with E-state index in [0.717, 1.165) is 25.8 Å². The predicted octanol–water partition coefficient (Wildman–Crippen LogP) is 3.18. The van der Waals surface area contributed by atoms with Gasteiger partial charge in [-0.3, -0.25) is 4.79 Å². The van der Waals surface area contributed by atoms with Crippen molar-refractivity contribution in [1.82, 2.24) is 9.88 Å². The van der Waals surface area contributed by atoms with Gasteiger partial charge in [0.05, 0.1) is 10.6 Å². The second-order valence-electron chi connectivity index (χ2n) is 4.98. The number of amides is 1. The number of rotatable bonds is 5. The van der Waals surface area contributed by atoms with Crippen molar-refractivity contribution in [2.45, 2.75) is 38.6 Å². The first-order chi connectivity index (χ1) is 9.13. The molecule has 4 nitrogen and oxygen atoms in total. The molecule has 1 saturated carbocycles. The molecule has 104 valence electrons. The van der Waals surface area contributed by atoms with Gasteiger partial charge in [-0.1, -0.05) is 18.5 Å². The van der Waals surface area contributed by atoms with E-state index in [4.69, 9.17) is 11.6 Å². The van der Waals surface area contributed by atoms with Crippen molar-refractivity contribution < 1.29 is 4.79 Å². The number of halogens is 1. The lowest BCUT2D eigenvalue weighted by Crippen LogP contribution is -2.41. The Kier molecular flexibility index (Phi) is 4.64. The lowest BCUT2D eigenvalue weighted by molar-refractivity contribution is 0.0652. The van der Waals surface area contributed by atoms with E-state index in [1.807, 2.05) is 7.05 Å². The second kappa shape index (κ2) is 6.24. The number of hydrogen-bond donors (Lipinski definition) is 1. The van der Waals surface area contributed by atoms with Crippen molar-refractivity contribution in [2.75, 3.05) is 18.9 Å². The van der Waals surface area contributed by atoms with E-state index in [2.05, 4.69) is 17.2 Å². The first-order valence-corrected chi connectivity index (χ1v) is 7.18. The summed E-state index contributed by atoms with van der Waals surface area (Å²) in [5.74, 6) is 0.688. The highest BCUT2D eigenvalue weighted by Gasteiger charge is 2.27. The van der Waals surface area contributed by atoms with Crippen molar-refractivity contribution in [1.29, 1.82) is 0 Å². The number of hydrogen-bond acceptors (Lipinski definition) is 3. The Morgan fingerprint density at radius 3 is 2.89 bits per heavy atom. The zero-order valence-corrected chi connectivity index (χ0v) is 12.2. The van der Waals surface area contributed by atoms with Crippen molar-refractivity contribution in [3.8, 4) is 0 Å². The van der Waals surface area contributed by atoms with Gasteiger partial charge in [0.15, 0.2) is 0 Å². The minimum Gasteiger partial charge on any atom is -0.370 e. The summed E-state index contributed by atoms with van der Waals surface area (Å²) in [6, 6.07) is 2.11. The van der Waals surface area contributed by atoms with Gasteiger partial charge in [-0.15, -0.1) is 0 Å². The summed E-state index contributed by atoms with van der Waals surface area (Å²) in [7, 11) is 1.85. The average molecular weight is 282 g/mol. The summed E-state index contributed by atoms with van der Waals surface area (Å²) in [5.41, 5.74) is 0.532. The first-order valence-electron chi connectivity index (χ1n) is 6.80. The zero-order valence-electron chi connectivity index (χ0n) is 11.4. The van der Waals surface area contributed by atoms with E-state index >= 15 is 0 Å². The third-order valence-electron chi connectivity index (χ3n) is 3.58. The maximum absolute atomic E-state index is 12.4. The third-order valence-corrected chi connectivity index (χ3v) is 3.89. The number of carbonyl (C=O) groups excluding carboxylic acids is 1. The van der Waals surface area contributed by atoms with Crippen LogP contribution >= 0.6 is 11.6 Å². The van der Waals surface area contributed by atoms with Gasteiger partial charge < -0.3 is 10.2 Å². The van der Waals surface area contributed by atoms with Gasteiger partial charge in [0.25, 0.3) is 5.91 Å². The van der Waals surface area contributed by atoms with Crippen molar-refractivity contribution in [2.24, 2.45) is 0 Å². The highest BCUT2D eigenvalue weighted by Crippen LogP contribution is 2.27. The molecule has 1 aromatic rings. The van der Waals surface area contributed by atoms with Crippen LogP contribution in [0.4, 0.5) is 5.82 Å². The Morgan fingerprint density at radius 2 is 2.32 bits per heavy atom. The maximum Gasteiger partial charge on any atom is 0.255 e. The van der Waals surface area contributed by atoms with Crippen LogP contribution in [0, 0.1) is 0 Å². The van der Waals surface area contributed by atoms with Gasteiger partial charge in [0, 0.05) is 25.8 Å².